The smallest absolute Gasteiger partial charge is 0.373 e. The van der Waals surface area contributed by atoms with Crippen LogP contribution >= 0.6 is 0 Å². The topological polar surface area (TPSA) is 44.8 Å². The summed E-state index contributed by atoms with van der Waals surface area (Å²) in [6.07, 6.45) is 0.495. The third kappa shape index (κ3) is 5.14. The molecule has 5 heteroatoms. The van der Waals surface area contributed by atoms with Crippen LogP contribution in [0, 0.1) is 6.10 Å². The summed E-state index contributed by atoms with van der Waals surface area (Å²) in [6.45, 7) is 8.75. The van der Waals surface area contributed by atoms with Crippen LogP contribution in [0.25, 0.3) is 0 Å². The molecule has 0 atom stereocenters. The molecule has 0 saturated carbocycles. The molecule has 0 aliphatic rings. The Morgan fingerprint density at radius 1 is 1.11 bits per heavy atom. The minimum atomic E-state index is -1.34. The minimum Gasteiger partial charge on any atom is -0.381 e. The quantitative estimate of drug-likeness (QED) is 0.456. The van der Waals surface area contributed by atoms with Crippen molar-refractivity contribution in [1.29, 1.82) is 0 Å². The molecule has 1 radical (unpaired) electrons. The maximum Gasteiger partial charge on any atom is 0.373 e. The van der Waals surface area contributed by atoms with Gasteiger partial charge in [-0.05, 0) is 19.1 Å². The van der Waals surface area contributed by atoms with E-state index in [-0.39, 0.29) is 0 Å². The van der Waals surface area contributed by atoms with Crippen molar-refractivity contribution in [3.8, 4) is 0 Å². The summed E-state index contributed by atoms with van der Waals surface area (Å²) in [7, 11) is 0.203. The first kappa shape index (κ1) is 15.9. The van der Waals surface area contributed by atoms with E-state index in [0.29, 0.717) is 18.3 Å². The highest BCUT2D eigenvalue weighted by molar-refractivity contribution is 6.88. The zero-order chi connectivity index (χ0) is 14.5. The second kappa shape index (κ2) is 6.84. The Kier molecular flexibility index (Phi) is 5.72. The highest BCUT2D eigenvalue weighted by Crippen LogP contribution is 2.08. The van der Waals surface area contributed by atoms with Crippen LogP contribution in [0.3, 0.4) is 0 Å². The highest BCUT2D eigenvalue weighted by Gasteiger charge is 2.17. The van der Waals surface area contributed by atoms with Crippen molar-refractivity contribution >= 4 is 19.2 Å². The predicted molar refractivity (Wildman–Crippen MR) is 76.7 cm³/mol. The number of hydrogen-bond acceptors (Lipinski definition) is 4. The molecule has 105 valence electrons. The summed E-state index contributed by atoms with van der Waals surface area (Å²) in [4.78, 5) is 21.3. The van der Waals surface area contributed by atoms with E-state index >= 15 is 0 Å². The van der Waals surface area contributed by atoms with Crippen LogP contribution in [0.5, 0.6) is 0 Å². The van der Waals surface area contributed by atoms with Gasteiger partial charge in [0.15, 0.2) is 6.10 Å². The monoisotopic (exact) mass is 281 g/mol. The number of rotatable bonds is 6. The van der Waals surface area contributed by atoms with Gasteiger partial charge in [-0.15, -0.1) is 0 Å². The standard InChI is InChI=1S/C14H21O4Si/c1-11(10-16-2)17-18-14(15)12-6-8-13(9-7-12)19(3,4)5/h6-9H,10H2,1-5H3. The number of benzene rings is 1. The Morgan fingerprint density at radius 3 is 2.16 bits per heavy atom. The van der Waals surface area contributed by atoms with Crippen molar-refractivity contribution in [2.75, 3.05) is 13.7 Å². The summed E-state index contributed by atoms with van der Waals surface area (Å²) < 4.78 is 4.85. The first-order valence-corrected chi connectivity index (χ1v) is 9.65. The lowest BCUT2D eigenvalue weighted by Gasteiger charge is -2.16. The van der Waals surface area contributed by atoms with Gasteiger partial charge in [-0.1, -0.05) is 37.0 Å². The summed E-state index contributed by atoms with van der Waals surface area (Å²) in [5.74, 6) is -0.502. The molecule has 0 spiro atoms. The zero-order valence-electron chi connectivity index (χ0n) is 12.1. The van der Waals surface area contributed by atoms with Gasteiger partial charge in [0.2, 0.25) is 0 Å². The highest BCUT2D eigenvalue weighted by atomic mass is 28.3. The van der Waals surface area contributed by atoms with Crippen LogP contribution in [-0.2, 0) is 14.5 Å². The van der Waals surface area contributed by atoms with Crippen molar-refractivity contribution in [2.24, 2.45) is 0 Å². The molecule has 0 amide bonds. The predicted octanol–water partition coefficient (Wildman–Crippen LogP) is 2.52. The Morgan fingerprint density at radius 2 is 1.68 bits per heavy atom. The van der Waals surface area contributed by atoms with Crippen molar-refractivity contribution in [1.82, 2.24) is 0 Å². The molecule has 0 aliphatic carbocycles. The van der Waals surface area contributed by atoms with Crippen LogP contribution in [0.1, 0.15) is 17.3 Å². The van der Waals surface area contributed by atoms with E-state index in [0.717, 1.165) is 0 Å². The van der Waals surface area contributed by atoms with E-state index in [1.165, 1.54) is 5.19 Å². The minimum absolute atomic E-state index is 0.293. The lowest BCUT2D eigenvalue weighted by Crippen LogP contribution is -2.37. The number of carbonyl (C=O) groups is 1. The van der Waals surface area contributed by atoms with Gasteiger partial charge in [0, 0.05) is 7.11 Å². The van der Waals surface area contributed by atoms with Gasteiger partial charge in [-0.3, -0.25) is 4.89 Å². The van der Waals surface area contributed by atoms with Gasteiger partial charge in [0.25, 0.3) is 0 Å². The largest absolute Gasteiger partial charge is 0.381 e. The third-order valence-electron chi connectivity index (χ3n) is 2.59. The van der Waals surface area contributed by atoms with Crippen LogP contribution < -0.4 is 5.19 Å². The molecule has 0 unspecified atom stereocenters. The van der Waals surface area contributed by atoms with Gasteiger partial charge in [-0.2, -0.15) is 4.89 Å². The van der Waals surface area contributed by atoms with Gasteiger partial charge in [-0.25, -0.2) is 4.79 Å². The number of ether oxygens (including phenoxy) is 1. The molecule has 0 heterocycles. The van der Waals surface area contributed by atoms with Crippen molar-refractivity contribution in [2.45, 2.75) is 26.6 Å². The molecule has 4 nitrogen and oxygen atoms in total. The lowest BCUT2D eigenvalue weighted by molar-refractivity contribution is -0.237. The second-order valence-electron chi connectivity index (χ2n) is 5.42. The Balaban J connectivity index is 2.59. The van der Waals surface area contributed by atoms with Gasteiger partial charge in [0.05, 0.1) is 20.2 Å². The van der Waals surface area contributed by atoms with E-state index in [2.05, 4.69) is 19.6 Å². The first-order valence-electron chi connectivity index (χ1n) is 6.15. The molecule has 19 heavy (non-hydrogen) atoms. The van der Waals surface area contributed by atoms with Crippen molar-refractivity contribution in [3.63, 3.8) is 0 Å². The van der Waals surface area contributed by atoms with E-state index in [1.807, 2.05) is 12.1 Å². The molecule has 0 aromatic heterocycles. The average molecular weight is 281 g/mol. The third-order valence-corrected chi connectivity index (χ3v) is 4.66. The molecule has 1 aromatic carbocycles. The van der Waals surface area contributed by atoms with Crippen LogP contribution in [0.2, 0.25) is 19.6 Å². The zero-order valence-corrected chi connectivity index (χ0v) is 13.1. The number of hydrogen-bond donors (Lipinski definition) is 0. The van der Waals surface area contributed by atoms with E-state index in [4.69, 9.17) is 14.5 Å². The van der Waals surface area contributed by atoms with Crippen LogP contribution in [0.15, 0.2) is 24.3 Å². The number of methoxy groups -OCH3 is 1. The molecule has 0 aliphatic heterocycles. The van der Waals surface area contributed by atoms with Crippen molar-refractivity contribution in [3.05, 3.63) is 35.9 Å². The maximum absolute atomic E-state index is 11.7. The summed E-state index contributed by atoms with van der Waals surface area (Å²) >= 11 is 0. The second-order valence-corrected chi connectivity index (χ2v) is 10.5. The Labute approximate surface area is 115 Å². The van der Waals surface area contributed by atoms with Gasteiger partial charge < -0.3 is 4.74 Å². The number of carbonyl (C=O) groups excluding carboxylic acids is 1. The fourth-order valence-corrected chi connectivity index (χ4v) is 2.66. The SMILES string of the molecule is COC[C](C)OOC(=O)c1ccc([Si](C)(C)C)cc1. The van der Waals surface area contributed by atoms with Gasteiger partial charge in [0.1, 0.15) is 0 Å². The summed E-state index contributed by atoms with van der Waals surface area (Å²) in [5.41, 5.74) is 0.479. The van der Waals surface area contributed by atoms with Gasteiger partial charge >= 0.3 is 5.97 Å². The molecule has 0 N–H and O–H groups in total. The Hall–Kier alpha value is -1.17. The molecule has 0 saturated heterocycles. The van der Waals surface area contributed by atoms with Crippen LogP contribution in [-0.4, -0.2) is 27.8 Å². The fraction of sp³-hybridized carbons (Fsp3) is 0.429. The molecule has 1 aromatic rings. The maximum atomic E-state index is 11.7. The summed E-state index contributed by atoms with van der Waals surface area (Å²) in [5, 5.41) is 1.30. The average Bonchev–Trinajstić information content (AvgIpc) is 2.35. The first-order chi connectivity index (χ1) is 8.84. The normalized spacial score (nSPS) is 11.7. The summed E-state index contributed by atoms with van der Waals surface area (Å²) in [6, 6.07) is 7.50. The van der Waals surface area contributed by atoms with E-state index in [1.54, 1.807) is 26.2 Å². The van der Waals surface area contributed by atoms with Crippen molar-refractivity contribution < 1.29 is 19.3 Å². The van der Waals surface area contributed by atoms with Crippen LogP contribution in [0.4, 0.5) is 0 Å². The lowest BCUT2D eigenvalue weighted by atomic mass is 10.2. The molecule has 0 fully saturated rings. The molecule has 1 rings (SSSR count). The Bertz CT molecular complexity index is 408. The van der Waals surface area contributed by atoms with E-state index in [9.17, 15) is 4.79 Å². The fourth-order valence-electron chi connectivity index (χ4n) is 1.49. The van der Waals surface area contributed by atoms with E-state index < -0.39 is 14.0 Å². The molecular weight excluding hydrogens is 260 g/mol. The molecule has 0 bridgehead atoms. The molecular formula is C14H21O4Si.